The first kappa shape index (κ1) is 63.2. The van der Waals surface area contributed by atoms with Gasteiger partial charge in [0.1, 0.15) is 36.3 Å². The average Bonchev–Trinajstić information content (AvgIpc) is 3.29. The summed E-state index contributed by atoms with van der Waals surface area (Å²) >= 11 is 4.12. The van der Waals surface area contributed by atoms with E-state index in [0.717, 1.165) is 6.92 Å². The molecule has 27 nitrogen and oxygen atoms in total. The maximum absolute atomic E-state index is 13.7. The number of hydrogen-bond donors (Lipinski definition) is 17. The number of hydrogen-bond acceptors (Lipinski definition) is 16. The number of carbonyl (C=O) groups is 10. The Balaban J connectivity index is 6.15. The van der Waals surface area contributed by atoms with Crippen LogP contribution in [0.3, 0.4) is 0 Å². The first-order chi connectivity index (χ1) is 32.4. The molecule has 0 spiro atoms. The van der Waals surface area contributed by atoms with Gasteiger partial charge in [-0.1, -0.05) is 26.7 Å². The summed E-state index contributed by atoms with van der Waals surface area (Å²) in [5.41, 5.74) is 27.9. The van der Waals surface area contributed by atoms with E-state index in [9.17, 15) is 63.3 Å². The van der Waals surface area contributed by atoms with E-state index >= 15 is 0 Å². The number of aliphatic hydroxyl groups excluding tert-OH is 1. The summed E-state index contributed by atoms with van der Waals surface area (Å²) in [5.74, 6) is -10.8. The number of aliphatic carboxylic acids is 2. The summed E-state index contributed by atoms with van der Waals surface area (Å²) in [6.45, 7) is 6.01. The molecular weight excluding hydrogens is 929 g/mol. The number of aliphatic hydroxyl groups is 1. The number of aliphatic imine (C=N–C) groups is 1. The lowest BCUT2D eigenvalue weighted by Gasteiger charge is -2.27. The third kappa shape index (κ3) is 25.9. The van der Waals surface area contributed by atoms with Gasteiger partial charge >= 0.3 is 11.9 Å². The van der Waals surface area contributed by atoms with Gasteiger partial charge in [-0.2, -0.15) is 12.6 Å². The molecule has 0 heterocycles. The number of carbonyl (C=O) groups excluding carboxylic acids is 8. The second kappa shape index (κ2) is 34.4. The van der Waals surface area contributed by atoms with E-state index in [0.29, 0.717) is 51.6 Å². The van der Waals surface area contributed by atoms with Crippen LogP contribution in [0.5, 0.6) is 0 Å². The number of nitrogens with two attached hydrogens (primary N) is 5. The van der Waals surface area contributed by atoms with E-state index < -0.39 is 139 Å². The fraction of sp³-hybridized carbons (Fsp3) is 0.732. The number of unbranched alkanes of at least 4 members (excludes halogenated alkanes) is 2. The molecule has 21 N–H and O–H groups in total. The Morgan fingerprint density at radius 1 is 0.594 bits per heavy atom. The fourth-order valence-electron chi connectivity index (χ4n) is 6.25. The summed E-state index contributed by atoms with van der Waals surface area (Å²) in [5, 5.41) is 47.8. The van der Waals surface area contributed by atoms with Gasteiger partial charge in [0.25, 0.3) is 0 Å². The zero-order valence-corrected chi connectivity index (χ0v) is 40.7. The van der Waals surface area contributed by atoms with Crippen molar-refractivity contribution in [2.24, 2.45) is 39.6 Å². The van der Waals surface area contributed by atoms with Gasteiger partial charge in [-0.25, -0.2) is 4.79 Å². The summed E-state index contributed by atoms with van der Waals surface area (Å²) in [7, 11) is 0. The Labute approximate surface area is 406 Å². The largest absolute Gasteiger partial charge is 0.481 e. The van der Waals surface area contributed by atoms with Gasteiger partial charge in [-0.3, -0.25) is 48.1 Å². The van der Waals surface area contributed by atoms with Crippen LogP contribution in [0.15, 0.2) is 4.99 Å². The Bertz CT molecular complexity index is 1740. The molecule has 0 unspecified atom stereocenters. The number of nitrogens with one attached hydrogen (secondary N) is 8. The molecule has 69 heavy (non-hydrogen) atoms. The van der Waals surface area contributed by atoms with Crippen LogP contribution >= 0.6 is 12.6 Å². The maximum Gasteiger partial charge on any atom is 0.328 e. The fourth-order valence-corrected chi connectivity index (χ4v) is 6.51. The number of amides is 8. The minimum absolute atomic E-state index is 0.0145. The van der Waals surface area contributed by atoms with Crippen molar-refractivity contribution in [1.29, 1.82) is 0 Å². The minimum atomic E-state index is -1.81. The molecule has 394 valence electrons. The third-order valence-corrected chi connectivity index (χ3v) is 11.0. The molecule has 0 aliphatic carbocycles. The summed E-state index contributed by atoms with van der Waals surface area (Å²) in [4.78, 5) is 133. The summed E-state index contributed by atoms with van der Waals surface area (Å²) in [6, 6.07) is -10.7. The van der Waals surface area contributed by atoms with Crippen molar-refractivity contribution in [3.05, 3.63) is 0 Å². The Hall–Kier alpha value is -5.84. The van der Waals surface area contributed by atoms with Gasteiger partial charge in [0.2, 0.25) is 47.3 Å². The molecule has 0 aliphatic rings. The zero-order valence-electron chi connectivity index (χ0n) is 39.8. The van der Waals surface area contributed by atoms with Crippen LogP contribution in [-0.4, -0.2) is 167 Å². The lowest BCUT2D eigenvalue weighted by Crippen LogP contribution is -2.60. The van der Waals surface area contributed by atoms with E-state index in [-0.39, 0.29) is 37.5 Å². The number of thiol groups is 1. The van der Waals surface area contributed by atoms with Crippen LogP contribution in [0, 0.1) is 5.92 Å². The van der Waals surface area contributed by atoms with E-state index in [1.807, 2.05) is 5.32 Å². The maximum atomic E-state index is 13.7. The molecule has 0 aliphatic heterocycles. The van der Waals surface area contributed by atoms with Crippen molar-refractivity contribution in [1.82, 2.24) is 42.5 Å². The van der Waals surface area contributed by atoms with Crippen LogP contribution in [0.4, 0.5) is 0 Å². The van der Waals surface area contributed by atoms with Gasteiger partial charge in [-0.05, 0) is 84.2 Å². The van der Waals surface area contributed by atoms with Crippen molar-refractivity contribution >= 4 is 77.8 Å². The highest BCUT2D eigenvalue weighted by molar-refractivity contribution is 7.80. The van der Waals surface area contributed by atoms with Gasteiger partial charge in [0.05, 0.1) is 18.7 Å². The molecule has 0 fully saturated rings. The van der Waals surface area contributed by atoms with E-state index in [1.165, 1.54) is 6.92 Å². The molecule has 0 aromatic carbocycles. The third-order valence-electron chi connectivity index (χ3n) is 10.6. The highest BCUT2D eigenvalue weighted by Gasteiger charge is 2.34. The molecule has 0 aromatic rings. The number of guanidine groups is 1. The lowest BCUT2D eigenvalue weighted by molar-refractivity contribution is -0.145. The van der Waals surface area contributed by atoms with Crippen molar-refractivity contribution in [3.8, 4) is 0 Å². The molecule has 0 saturated carbocycles. The second-order valence-electron chi connectivity index (χ2n) is 16.4. The standard InChI is InChI=1S/C41H76N14O13S/c1-5-21(2)31(54-36(63)26(12-7-9-17-43)51-33(60)22(3)49-34(61)24(44)11-6-8-16-42)39(66)48-19-29(57)50-25(13-10-18-47-41(45)46)35(62)53-28(20-69)38(65)52-27(14-15-30(58)59)37(64)55-32(23(4)56)40(67)68/h21-28,31-32,56,69H,5-20,42-44H2,1-4H3,(H,48,66)(H,49,61)(H,50,57)(H,51,60)(H,52,65)(H,53,62)(H,54,63)(H,55,64)(H,58,59)(H,67,68)(H4,45,46,47)/t21-,22-,23+,24-,25-,26-,27-,28-,31-,32-/m0/s1. The molecule has 28 heteroatoms. The highest BCUT2D eigenvalue weighted by Crippen LogP contribution is 2.11. The van der Waals surface area contributed by atoms with Crippen molar-refractivity contribution in [2.45, 2.75) is 153 Å². The van der Waals surface area contributed by atoms with E-state index in [4.69, 9.17) is 28.7 Å². The molecule has 0 bridgehead atoms. The molecule has 0 saturated heterocycles. The van der Waals surface area contributed by atoms with Crippen LogP contribution in [-0.2, 0) is 47.9 Å². The zero-order chi connectivity index (χ0) is 52.8. The van der Waals surface area contributed by atoms with Crippen LogP contribution in [0.1, 0.15) is 98.3 Å². The molecule has 0 radical (unpaired) electrons. The number of nitrogens with zero attached hydrogens (tertiary/aromatic N) is 1. The molecule has 10 atom stereocenters. The van der Waals surface area contributed by atoms with Gasteiger partial charge in [0, 0.05) is 18.7 Å². The average molecular weight is 1010 g/mol. The summed E-state index contributed by atoms with van der Waals surface area (Å²) < 4.78 is 0. The van der Waals surface area contributed by atoms with Gasteiger partial charge < -0.3 is 86.5 Å². The van der Waals surface area contributed by atoms with Gasteiger partial charge in [-0.15, -0.1) is 0 Å². The molecular formula is C41H76N14O13S. The second-order valence-corrected chi connectivity index (χ2v) is 16.8. The molecule has 8 amide bonds. The van der Waals surface area contributed by atoms with Crippen molar-refractivity contribution < 1.29 is 63.3 Å². The minimum Gasteiger partial charge on any atom is -0.481 e. The predicted octanol–water partition coefficient (Wildman–Crippen LogP) is -5.54. The van der Waals surface area contributed by atoms with Gasteiger partial charge in [0.15, 0.2) is 12.0 Å². The SMILES string of the molecule is CC[C@H](C)[C@H](NC(=O)[C@H](CCCCN)NC(=O)[C@H](C)NC(=O)[C@@H](N)CCCCN)C(=O)NCC(=O)N[C@@H](CCCN=C(N)N)C(=O)N[C@@H](CS)C(=O)N[C@@H](CCC(=O)O)C(=O)N[C@H](C(=O)O)[C@@H](C)O. The normalized spacial score (nSPS) is 15.3. The van der Waals surface area contributed by atoms with Crippen LogP contribution in [0.2, 0.25) is 0 Å². The van der Waals surface area contributed by atoms with Crippen LogP contribution < -0.4 is 71.2 Å². The summed E-state index contributed by atoms with van der Waals surface area (Å²) in [6.07, 6.45) is 0.369. The molecule has 0 rings (SSSR count). The smallest absolute Gasteiger partial charge is 0.328 e. The Morgan fingerprint density at radius 3 is 1.61 bits per heavy atom. The van der Waals surface area contributed by atoms with Crippen LogP contribution in [0.25, 0.3) is 0 Å². The number of carboxylic acid groups (broad SMARTS) is 2. The Morgan fingerprint density at radius 2 is 1.09 bits per heavy atom. The van der Waals surface area contributed by atoms with E-state index in [1.54, 1.807) is 13.8 Å². The predicted molar refractivity (Wildman–Crippen MR) is 255 cm³/mol. The first-order valence-electron chi connectivity index (χ1n) is 22.8. The van der Waals surface area contributed by atoms with E-state index in [2.05, 4.69) is 54.8 Å². The van der Waals surface area contributed by atoms with Crippen molar-refractivity contribution in [2.75, 3.05) is 31.9 Å². The van der Waals surface area contributed by atoms with Crippen molar-refractivity contribution in [3.63, 3.8) is 0 Å². The lowest BCUT2D eigenvalue weighted by atomic mass is 9.97. The highest BCUT2D eigenvalue weighted by atomic mass is 32.1. The number of rotatable bonds is 36. The Kier molecular flexibility index (Phi) is 31.5. The topological polar surface area (TPSA) is 470 Å². The molecule has 0 aromatic heterocycles. The first-order valence-corrected chi connectivity index (χ1v) is 23.4. The quantitative estimate of drug-likeness (QED) is 0.0120. The monoisotopic (exact) mass is 1000 g/mol. The number of carboxylic acids is 2.